The number of carbonyl (C=O) groups is 3. The minimum absolute atomic E-state index is 0. The quantitative estimate of drug-likeness (QED) is 0.0130. The lowest BCUT2D eigenvalue weighted by atomic mass is 9.84. The number of fused-ring (bicyclic) bond motifs is 10. The van der Waals surface area contributed by atoms with Crippen molar-refractivity contribution in [3.63, 3.8) is 0 Å². The second-order valence-electron chi connectivity index (χ2n) is 28.5. The number of hydrogen-bond donors (Lipinski definition) is 5. The van der Waals surface area contributed by atoms with Gasteiger partial charge >= 0.3 is 19.5 Å². The van der Waals surface area contributed by atoms with E-state index in [0.29, 0.717) is 94.1 Å². The third kappa shape index (κ3) is 30.8. The number of benzene rings is 11. The maximum atomic E-state index is 12.3. The molecule has 6 atom stereocenters. The van der Waals surface area contributed by atoms with Crippen LogP contribution < -0.4 is 9.47 Å². The molecule has 0 spiro atoms. The molecule has 0 aliphatic carbocycles. The summed E-state index contributed by atoms with van der Waals surface area (Å²) in [6, 6.07) is 75.8. The zero-order valence-electron chi connectivity index (χ0n) is 67.1. The van der Waals surface area contributed by atoms with Crippen LogP contribution in [0.5, 0.6) is 40.2 Å². The van der Waals surface area contributed by atoms with Crippen molar-refractivity contribution in [1.82, 2.24) is 14.7 Å². The summed E-state index contributed by atoms with van der Waals surface area (Å²) >= 11 is 44.7. The van der Waals surface area contributed by atoms with E-state index in [0.717, 1.165) is 98.1 Å². The van der Waals surface area contributed by atoms with Gasteiger partial charge in [0.1, 0.15) is 40.2 Å². The van der Waals surface area contributed by atoms with Crippen LogP contribution in [0, 0.1) is 14.3 Å². The molecule has 3 radical (unpaired) electrons. The Morgan fingerprint density at radius 2 is 0.748 bits per heavy atom. The number of nitrogens with zero attached hydrogens (tertiary/aromatic N) is 3. The lowest BCUT2D eigenvalue weighted by Crippen LogP contribution is -2.14. The first kappa shape index (κ1) is 103. The number of likely N-dealkylation sites (N-methyl/N-ethyl adjacent to an activating group) is 3. The lowest BCUT2D eigenvalue weighted by molar-refractivity contribution is -0.134. The second kappa shape index (κ2) is 51.3. The number of aromatic hydroxyl groups is 3. The molecular formula is C95H96BCl6I4N3O13P. The average Bonchev–Trinajstić information content (AvgIpc) is 1.62. The number of rotatable bonds is 14. The number of para-hydroxylation sites is 2. The van der Waals surface area contributed by atoms with Gasteiger partial charge in [-0.2, -0.15) is 0 Å². The monoisotopic (exact) mass is 2250 g/mol. The highest BCUT2D eigenvalue weighted by Crippen LogP contribution is 2.54. The first-order valence-corrected chi connectivity index (χ1v) is 46.8. The number of carboxylic acid groups (broad SMARTS) is 2. The van der Waals surface area contributed by atoms with E-state index in [1.165, 1.54) is 62.3 Å². The van der Waals surface area contributed by atoms with Crippen LogP contribution >= 0.6 is 168 Å². The van der Waals surface area contributed by atoms with Crippen LogP contribution in [-0.2, 0) is 35.2 Å². The maximum Gasteiger partial charge on any atom is 0.335 e. The van der Waals surface area contributed by atoms with E-state index in [-0.39, 0.29) is 40.2 Å². The van der Waals surface area contributed by atoms with E-state index in [9.17, 15) is 29.2 Å². The number of aliphatic carboxylic acids is 2. The molecule has 3 fully saturated rings. The molecule has 0 bridgehead atoms. The van der Waals surface area contributed by atoms with E-state index in [1.807, 2.05) is 135 Å². The number of alkyl halides is 1. The Morgan fingerprint density at radius 1 is 0.423 bits per heavy atom. The van der Waals surface area contributed by atoms with E-state index in [1.54, 1.807) is 30.3 Å². The zero-order chi connectivity index (χ0) is 87.5. The fourth-order valence-corrected chi connectivity index (χ4v) is 20.4. The number of aldehydes is 1. The number of carbonyl (C=O) groups excluding carboxylic acids is 1. The molecule has 0 aromatic heterocycles. The summed E-state index contributed by atoms with van der Waals surface area (Å²) in [5.41, 5.74) is 11.7. The SMILES string of the molecule is C.CCOP(=O)(Cc1ccccc1I)OCC.CN1C[C@@H]2c3ccccc3Oc3ccc(Cl)cc3[C@H]2C1.CN1C[C@@H]2c3ccccc3Oc3ccc(Cl)cc3[C@H]2C1.CN1C[C@H](c2cc(Cl)ccc2O)[C@@H](c2ccccc2I)C1.ClCc1ccccc1I.O=C(O)/C=C\C(=O)O.O=Cc1cc(Cl)ccc1O.Oc1ccc(Cl)cc1/C=C/c1ccccc1I.[2HH].[B]. The van der Waals surface area contributed by atoms with E-state index >= 15 is 0 Å². The molecule has 3 saturated heterocycles. The predicted molar refractivity (Wildman–Crippen MR) is 538 cm³/mol. The Balaban J connectivity index is 0.000000223. The van der Waals surface area contributed by atoms with Gasteiger partial charge in [-0.05, 0) is 286 Å². The zero-order valence-corrected chi connectivity index (χ0v) is 81.1. The summed E-state index contributed by atoms with van der Waals surface area (Å²) in [5.74, 6) is 5.02. The maximum absolute atomic E-state index is 12.3. The van der Waals surface area contributed by atoms with Crippen molar-refractivity contribution in [2.45, 2.75) is 68.8 Å². The predicted octanol–water partition coefficient (Wildman–Crippen LogP) is 27.0. The Labute approximate surface area is 809 Å². The number of phenolic OH excluding ortho intramolecular Hbond substituents is 3. The summed E-state index contributed by atoms with van der Waals surface area (Å²) in [5, 5.41) is 47.8. The van der Waals surface area contributed by atoms with Gasteiger partial charge in [0.2, 0.25) is 0 Å². The molecule has 5 N–H and O–H groups in total. The molecule has 11 aromatic carbocycles. The fraction of sp³-hybridized carbons (Fsp3) is 0.232. The Bertz CT molecular complexity index is 5340. The summed E-state index contributed by atoms with van der Waals surface area (Å²) in [4.78, 5) is 36.4. The van der Waals surface area contributed by atoms with E-state index in [2.05, 4.69) is 205 Å². The highest BCUT2D eigenvalue weighted by molar-refractivity contribution is 14.1. The van der Waals surface area contributed by atoms with Gasteiger partial charge in [0.05, 0.1) is 24.9 Å². The van der Waals surface area contributed by atoms with Crippen LogP contribution in [0.4, 0.5) is 0 Å². The van der Waals surface area contributed by atoms with Crippen molar-refractivity contribution >= 4 is 206 Å². The van der Waals surface area contributed by atoms with Crippen LogP contribution in [0.25, 0.3) is 12.2 Å². The summed E-state index contributed by atoms with van der Waals surface area (Å²) in [6.07, 6.45) is 5.84. The molecule has 5 heterocycles. The van der Waals surface area contributed by atoms with Gasteiger partial charge in [-0.15, -0.1) is 11.6 Å². The molecule has 28 heteroatoms. The van der Waals surface area contributed by atoms with Crippen molar-refractivity contribution in [3.05, 3.63) is 349 Å². The minimum atomic E-state index is -2.97. The first-order valence-electron chi connectivity index (χ1n) is 38.3. The fourth-order valence-electron chi connectivity index (χ4n) is 14.5. The molecule has 16 rings (SSSR count). The molecule has 0 unspecified atom stereocenters. The smallest absolute Gasteiger partial charge is 0.335 e. The third-order valence-electron chi connectivity index (χ3n) is 19.9. The van der Waals surface area contributed by atoms with Crippen LogP contribution in [0.2, 0.25) is 25.1 Å². The Morgan fingerprint density at radius 3 is 1.15 bits per heavy atom. The number of ether oxygens (including phenoxy) is 2. The van der Waals surface area contributed by atoms with Crippen LogP contribution in [-0.4, -0.2) is 140 Å². The molecule has 647 valence electrons. The van der Waals surface area contributed by atoms with E-state index < -0.39 is 19.5 Å². The van der Waals surface area contributed by atoms with Gasteiger partial charge in [0.15, 0.2) is 6.29 Å². The van der Waals surface area contributed by atoms with Crippen LogP contribution in [0.3, 0.4) is 0 Å². The highest BCUT2D eigenvalue weighted by Gasteiger charge is 2.41. The average molecular weight is 2250 g/mol. The summed E-state index contributed by atoms with van der Waals surface area (Å²) in [6.45, 7) is 10.6. The Hall–Kier alpha value is -6.74. The molecule has 123 heavy (non-hydrogen) atoms. The highest BCUT2D eigenvalue weighted by atomic mass is 127. The van der Waals surface area contributed by atoms with Gasteiger partial charge in [-0.1, -0.05) is 187 Å². The summed E-state index contributed by atoms with van der Waals surface area (Å²) in [7, 11) is 3.52. The van der Waals surface area contributed by atoms with Crippen molar-refractivity contribution in [1.29, 1.82) is 0 Å². The topological polar surface area (TPSA) is 216 Å². The Kier molecular flexibility index (Phi) is 43.1. The van der Waals surface area contributed by atoms with Crippen molar-refractivity contribution in [3.8, 4) is 40.2 Å². The number of likely N-dealkylation sites (tertiary alicyclic amines) is 3. The van der Waals surface area contributed by atoms with E-state index in [4.69, 9.17) is 103 Å². The number of phenols is 3. The van der Waals surface area contributed by atoms with Crippen molar-refractivity contribution in [2.75, 3.05) is 73.6 Å². The molecule has 5 aliphatic heterocycles. The van der Waals surface area contributed by atoms with Crippen molar-refractivity contribution < 1.29 is 64.4 Å². The first-order chi connectivity index (χ1) is 58.0. The minimum Gasteiger partial charge on any atom is -0.508 e. The standard InChI is InChI=1S/C17H17ClINO.2C17H16ClNO.C14H10ClIO.C11H16IO3P.C7H6ClI.C7H5ClO2.C4H4O4.CH4.B.H2/c1-20-9-14(12-4-2-3-5-16(12)19)15(10-20)13-8-11(18)6-7-17(13)21;2*1-19-9-14-12-4-2-3-5-16(12)20-17-7-6-11(18)8-13(17)15(14)10-19;15-12-7-8-14(17)11(9-12)6-5-10-3-1-2-4-13(10)16;1-3-14-16(13,15-4-2)9-10-7-5-6-8-11(10)12;8-5-6-3-1-2-4-7(6)9;8-6-1-2-7(10)5(3-6)4-9;5-3(6)1-2-4(7)8;;;/h2-8,14-15,21H,9-10H2,1H3;2*2-8,14-15H,9-10H2,1H3;1-9,17H;5-8H,3-4,9H2,1-2H3;1-4H,5H2;1-4,10H;1-2H,(H,5,6)(H,7,8);1H4;;1H/b;;;6-5+;;;;2-1-;;;/t3*14-,15-;;;;;;;;/m111......../s1/i;;;;;;;;;;1+1. The number of halogens is 10. The normalized spacial score (nSPS) is 16.9. The lowest BCUT2D eigenvalue weighted by Gasteiger charge is -2.21. The second-order valence-corrected chi connectivity index (χ2v) is 37.6. The molecule has 11 aromatic rings. The molecule has 0 saturated carbocycles. The van der Waals surface area contributed by atoms with Gasteiger partial charge < -0.3 is 58.8 Å². The van der Waals surface area contributed by atoms with Gasteiger partial charge in [0, 0.05) is 164 Å². The van der Waals surface area contributed by atoms with Gasteiger partial charge in [-0.3, -0.25) is 9.36 Å². The van der Waals surface area contributed by atoms with Crippen LogP contribution in [0.15, 0.2) is 249 Å². The molecule has 5 aliphatic rings. The summed E-state index contributed by atoms with van der Waals surface area (Å²) < 4.78 is 39.9. The molecule has 0 amide bonds. The molecule has 16 nitrogen and oxygen atoms in total. The van der Waals surface area contributed by atoms with Crippen molar-refractivity contribution in [2.24, 2.45) is 0 Å². The number of hydrogen-bond acceptors (Lipinski definition) is 14. The third-order valence-corrected chi connectivity index (χ3v) is 27.5. The van der Waals surface area contributed by atoms with Gasteiger partial charge in [-0.25, -0.2) is 9.59 Å². The van der Waals surface area contributed by atoms with Gasteiger partial charge in [0.25, 0.3) is 0 Å². The largest absolute Gasteiger partial charge is 0.508 e. The molecular weight excluding hydrogens is 2150 g/mol. The number of carboxylic acids is 2. The van der Waals surface area contributed by atoms with Crippen LogP contribution in [0.1, 0.15) is 124 Å².